The summed E-state index contributed by atoms with van der Waals surface area (Å²) in [4.78, 5) is 35.8. The normalized spacial score (nSPS) is 15.9. The standard InChI is InChI=1S/C22H23N5O3/c1-14-3-2-4-16(9-14)19-18(24-13-30-19)21(28)23-10-17-12-26-7-8-27(11-15-5-6-15)22(29)20(26)25-17/h2-4,9,12-13,15H,5-8,10-11H2,1H3,(H,23,28). The summed E-state index contributed by atoms with van der Waals surface area (Å²) in [5.74, 6) is 1.18. The summed E-state index contributed by atoms with van der Waals surface area (Å²) in [6, 6.07) is 7.72. The van der Waals surface area contributed by atoms with Crippen molar-refractivity contribution in [3.05, 3.63) is 59.6 Å². The van der Waals surface area contributed by atoms with Crippen LogP contribution in [0.4, 0.5) is 0 Å². The van der Waals surface area contributed by atoms with Crippen molar-refractivity contribution >= 4 is 11.8 Å². The predicted molar refractivity (Wildman–Crippen MR) is 109 cm³/mol. The van der Waals surface area contributed by atoms with Crippen LogP contribution in [-0.4, -0.2) is 44.3 Å². The Bertz CT molecular complexity index is 1110. The second kappa shape index (κ2) is 7.44. The third-order valence-electron chi connectivity index (χ3n) is 5.58. The molecule has 1 aromatic carbocycles. The van der Waals surface area contributed by atoms with Crippen molar-refractivity contribution in [2.45, 2.75) is 32.9 Å². The molecule has 2 amide bonds. The maximum absolute atomic E-state index is 12.7. The number of hydrogen-bond donors (Lipinski definition) is 1. The summed E-state index contributed by atoms with van der Waals surface area (Å²) in [7, 11) is 0. The van der Waals surface area contributed by atoms with Crippen molar-refractivity contribution in [1.82, 2.24) is 24.8 Å². The molecule has 0 atom stereocenters. The Labute approximate surface area is 173 Å². The van der Waals surface area contributed by atoms with Crippen molar-refractivity contribution < 1.29 is 14.0 Å². The summed E-state index contributed by atoms with van der Waals surface area (Å²) >= 11 is 0. The molecular weight excluding hydrogens is 382 g/mol. The number of nitrogens with one attached hydrogen (secondary N) is 1. The highest BCUT2D eigenvalue weighted by Gasteiger charge is 2.32. The molecule has 0 unspecified atom stereocenters. The molecule has 2 aromatic heterocycles. The number of carbonyl (C=O) groups is 2. The van der Waals surface area contributed by atoms with Crippen LogP contribution in [0, 0.1) is 12.8 Å². The molecule has 3 heterocycles. The third kappa shape index (κ3) is 3.60. The summed E-state index contributed by atoms with van der Waals surface area (Å²) in [6.45, 7) is 4.46. The van der Waals surface area contributed by atoms with Gasteiger partial charge in [0.05, 0.1) is 12.2 Å². The van der Waals surface area contributed by atoms with E-state index < -0.39 is 0 Å². The summed E-state index contributed by atoms with van der Waals surface area (Å²) in [6.07, 6.45) is 5.53. The van der Waals surface area contributed by atoms with E-state index in [0.29, 0.717) is 29.7 Å². The number of aryl methyl sites for hydroxylation is 1. The number of imidazole rings is 1. The number of carbonyl (C=O) groups excluding carboxylic acids is 2. The van der Waals surface area contributed by atoms with Crippen LogP contribution in [0.25, 0.3) is 11.3 Å². The first-order valence-corrected chi connectivity index (χ1v) is 10.2. The van der Waals surface area contributed by atoms with Gasteiger partial charge in [-0.3, -0.25) is 9.59 Å². The molecule has 1 aliphatic carbocycles. The second-order valence-electron chi connectivity index (χ2n) is 8.03. The Morgan fingerprint density at radius 1 is 1.30 bits per heavy atom. The highest BCUT2D eigenvalue weighted by Crippen LogP contribution is 2.30. The van der Waals surface area contributed by atoms with Gasteiger partial charge >= 0.3 is 0 Å². The van der Waals surface area contributed by atoms with E-state index in [4.69, 9.17) is 4.42 Å². The van der Waals surface area contributed by atoms with Gasteiger partial charge < -0.3 is 19.2 Å². The minimum Gasteiger partial charge on any atom is -0.443 e. The summed E-state index contributed by atoms with van der Waals surface area (Å²) in [5.41, 5.74) is 2.76. The van der Waals surface area contributed by atoms with Gasteiger partial charge in [0.1, 0.15) is 0 Å². The molecule has 154 valence electrons. The molecule has 3 aromatic rings. The van der Waals surface area contributed by atoms with E-state index >= 15 is 0 Å². The third-order valence-corrected chi connectivity index (χ3v) is 5.58. The van der Waals surface area contributed by atoms with Gasteiger partial charge in [0.25, 0.3) is 11.8 Å². The van der Waals surface area contributed by atoms with E-state index in [1.165, 1.54) is 19.2 Å². The molecule has 0 spiro atoms. The average Bonchev–Trinajstić information content (AvgIpc) is 3.25. The fourth-order valence-electron chi connectivity index (χ4n) is 3.81. The highest BCUT2D eigenvalue weighted by molar-refractivity contribution is 5.97. The first-order chi connectivity index (χ1) is 14.6. The Balaban J connectivity index is 1.27. The molecule has 8 nitrogen and oxygen atoms in total. The summed E-state index contributed by atoms with van der Waals surface area (Å²) < 4.78 is 7.34. The van der Waals surface area contributed by atoms with Crippen LogP contribution in [0.1, 0.15) is 45.2 Å². The van der Waals surface area contributed by atoms with Crippen LogP contribution in [-0.2, 0) is 13.1 Å². The van der Waals surface area contributed by atoms with Crippen molar-refractivity contribution in [3.63, 3.8) is 0 Å². The molecule has 0 saturated heterocycles. The molecule has 2 aliphatic rings. The lowest BCUT2D eigenvalue weighted by Crippen LogP contribution is -2.41. The number of amides is 2. The smallest absolute Gasteiger partial charge is 0.289 e. The molecule has 1 saturated carbocycles. The predicted octanol–water partition coefficient (Wildman–Crippen LogP) is 2.64. The van der Waals surface area contributed by atoms with Gasteiger partial charge in [-0.05, 0) is 31.7 Å². The minimum atomic E-state index is -0.340. The van der Waals surface area contributed by atoms with E-state index in [0.717, 1.165) is 24.2 Å². The largest absolute Gasteiger partial charge is 0.443 e. The van der Waals surface area contributed by atoms with Crippen LogP contribution in [0.15, 0.2) is 41.3 Å². The Morgan fingerprint density at radius 3 is 2.97 bits per heavy atom. The molecule has 1 aliphatic heterocycles. The minimum absolute atomic E-state index is 0.0241. The maximum atomic E-state index is 12.7. The van der Waals surface area contributed by atoms with Crippen LogP contribution >= 0.6 is 0 Å². The molecular formula is C22H23N5O3. The van der Waals surface area contributed by atoms with E-state index in [2.05, 4.69) is 15.3 Å². The van der Waals surface area contributed by atoms with Crippen molar-refractivity contribution in [3.8, 4) is 11.3 Å². The van der Waals surface area contributed by atoms with Gasteiger partial charge in [-0.1, -0.05) is 23.8 Å². The van der Waals surface area contributed by atoms with Crippen LogP contribution in [0.5, 0.6) is 0 Å². The number of benzene rings is 1. The molecule has 8 heteroatoms. The lowest BCUT2D eigenvalue weighted by molar-refractivity contribution is 0.0688. The summed E-state index contributed by atoms with van der Waals surface area (Å²) in [5, 5.41) is 2.84. The van der Waals surface area contributed by atoms with Crippen LogP contribution < -0.4 is 5.32 Å². The quantitative estimate of drug-likeness (QED) is 0.681. The monoisotopic (exact) mass is 405 g/mol. The van der Waals surface area contributed by atoms with Gasteiger partial charge in [0, 0.05) is 31.4 Å². The van der Waals surface area contributed by atoms with Crippen LogP contribution in [0.2, 0.25) is 0 Å². The number of nitrogens with zero attached hydrogens (tertiary/aromatic N) is 4. The molecule has 0 bridgehead atoms. The van der Waals surface area contributed by atoms with Crippen molar-refractivity contribution in [1.29, 1.82) is 0 Å². The fourth-order valence-corrected chi connectivity index (χ4v) is 3.81. The van der Waals surface area contributed by atoms with Gasteiger partial charge in [-0.2, -0.15) is 0 Å². The molecule has 30 heavy (non-hydrogen) atoms. The number of aromatic nitrogens is 3. The first kappa shape index (κ1) is 18.6. The maximum Gasteiger partial charge on any atom is 0.289 e. The van der Waals surface area contributed by atoms with Gasteiger partial charge in [-0.15, -0.1) is 0 Å². The van der Waals surface area contributed by atoms with Gasteiger partial charge in [0.2, 0.25) is 0 Å². The van der Waals surface area contributed by atoms with Crippen molar-refractivity contribution in [2.75, 3.05) is 13.1 Å². The zero-order chi connectivity index (χ0) is 20.7. The lowest BCUT2D eigenvalue weighted by Gasteiger charge is -2.27. The zero-order valence-electron chi connectivity index (χ0n) is 16.8. The fraction of sp³-hybridized carbons (Fsp3) is 0.364. The number of fused-ring (bicyclic) bond motifs is 1. The molecule has 1 fully saturated rings. The Morgan fingerprint density at radius 2 is 2.17 bits per heavy atom. The van der Waals surface area contributed by atoms with E-state index in [1.54, 1.807) is 0 Å². The molecule has 1 N–H and O–H groups in total. The molecule has 0 radical (unpaired) electrons. The SMILES string of the molecule is Cc1cccc(-c2ocnc2C(=O)NCc2cn3c(n2)C(=O)N(CC2CC2)CC3)c1. The first-order valence-electron chi connectivity index (χ1n) is 10.2. The Hall–Kier alpha value is -3.42. The van der Waals surface area contributed by atoms with E-state index in [-0.39, 0.29) is 24.1 Å². The second-order valence-corrected chi connectivity index (χ2v) is 8.03. The van der Waals surface area contributed by atoms with Gasteiger partial charge in [-0.25, -0.2) is 9.97 Å². The number of rotatable bonds is 6. The topological polar surface area (TPSA) is 93.3 Å². The lowest BCUT2D eigenvalue weighted by atomic mass is 10.1. The molecule has 5 rings (SSSR count). The van der Waals surface area contributed by atoms with Crippen LogP contribution in [0.3, 0.4) is 0 Å². The zero-order valence-corrected chi connectivity index (χ0v) is 16.8. The average molecular weight is 405 g/mol. The van der Waals surface area contributed by atoms with E-state index in [9.17, 15) is 9.59 Å². The number of hydrogen-bond acceptors (Lipinski definition) is 5. The van der Waals surface area contributed by atoms with E-state index in [1.807, 2.05) is 46.9 Å². The number of oxazole rings is 1. The van der Waals surface area contributed by atoms with Gasteiger partial charge in [0.15, 0.2) is 23.7 Å². The Kier molecular flexibility index (Phi) is 4.61. The highest BCUT2D eigenvalue weighted by atomic mass is 16.3. The van der Waals surface area contributed by atoms with Crippen molar-refractivity contribution in [2.24, 2.45) is 5.92 Å².